The molecule has 6 heteroatoms. The molecule has 0 amide bonds. The van der Waals surface area contributed by atoms with E-state index in [0.717, 1.165) is 30.6 Å². The zero-order valence-corrected chi connectivity index (χ0v) is 12.7. The molecule has 3 nitrogen and oxygen atoms in total. The molecule has 0 saturated carbocycles. The molecule has 0 unspecified atom stereocenters. The Labute approximate surface area is 128 Å². The summed E-state index contributed by atoms with van der Waals surface area (Å²) in [6.07, 6.45) is -0.933. The van der Waals surface area contributed by atoms with Crippen LogP contribution in [-0.2, 0) is 12.6 Å². The molecule has 0 aliphatic carbocycles. The fourth-order valence-electron chi connectivity index (χ4n) is 3.21. The standard InChI is InChI=1S/C16H20F3N3/c1-10(2)22-5-3-4-11-6-13(12-8-20-21-9-12)14(7-15(11)22)16(17,18)19/h6-8,10,20-21H,3-5,9H2,1-2H3. The zero-order chi connectivity index (χ0) is 15.9. The van der Waals surface area contributed by atoms with Crippen LogP contribution in [0.3, 0.4) is 0 Å². The number of fused-ring (bicyclic) bond motifs is 1. The molecular weight excluding hydrogens is 291 g/mol. The first-order valence-electron chi connectivity index (χ1n) is 7.56. The number of anilines is 1. The predicted molar refractivity (Wildman–Crippen MR) is 81.4 cm³/mol. The molecule has 0 radical (unpaired) electrons. The lowest BCUT2D eigenvalue weighted by molar-refractivity contribution is -0.137. The summed E-state index contributed by atoms with van der Waals surface area (Å²) in [4.78, 5) is 2.07. The maximum absolute atomic E-state index is 13.5. The van der Waals surface area contributed by atoms with Crippen molar-refractivity contribution in [2.75, 3.05) is 18.0 Å². The highest BCUT2D eigenvalue weighted by atomic mass is 19.4. The van der Waals surface area contributed by atoms with Crippen molar-refractivity contribution in [2.24, 2.45) is 0 Å². The van der Waals surface area contributed by atoms with Gasteiger partial charge in [0.1, 0.15) is 0 Å². The van der Waals surface area contributed by atoms with Crippen LogP contribution in [0.4, 0.5) is 18.9 Å². The number of halogens is 3. The topological polar surface area (TPSA) is 27.3 Å². The quantitative estimate of drug-likeness (QED) is 0.877. The van der Waals surface area contributed by atoms with Gasteiger partial charge in [-0.15, -0.1) is 0 Å². The van der Waals surface area contributed by atoms with Crippen LogP contribution in [-0.4, -0.2) is 19.1 Å². The van der Waals surface area contributed by atoms with Crippen LogP contribution in [0.5, 0.6) is 0 Å². The fourth-order valence-corrected chi connectivity index (χ4v) is 3.21. The molecule has 0 atom stereocenters. The third-order valence-corrected chi connectivity index (χ3v) is 4.28. The molecule has 2 heterocycles. The van der Waals surface area contributed by atoms with Gasteiger partial charge in [0, 0.05) is 31.0 Å². The second-order valence-corrected chi connectivity index (χ2v) is 6.08. The number of nitrogens with one attached hydrogen (secondary N) is 2. The maximum atomic E-state index is 13.5. The van der Waals surface area contributed by atoms with Gasteiger partial charge in [-0.05, 0) is 55.5 Å². The van der Waals surface area contributed by atoms with Crippen molar-refractivity contribution in [2.45, 2.75) is 38.9 Å². The summed E-state index contributed by atoms with van der Waals surface area (Å²) in [6, 6.07) is 3.26. The molecule has 120 valence electrons. The van der Waals surface area contributed by atoms with E-state index in [1.807, 2.05) is 13.8 Å². The summed E-state index contributed by atoms with van der Waals surface area (Å²) in [6.45, 7) is 5.25. The summed E-state index contributed by atoms with van der Waals surface area (Å²) in [5.74, 6) is 0. The van der Waals surface area contributed by atoms with Gasteiger partial charge >= 0.3 is 6.18 Å². The van der Waals surface area contributed by atoms with Crippen molar-refractivity contribution in [1.82, 2.24) is 10.9 Å². The smallest absolute Gasteiger partial charge is 0.369 e. The van der Waals surface area contributed by atoms with Crippen molar-refractivity contribution >= 4 is 11.3 Å². The molecule has 0 fully saturated rings. The van der Waals surface area contributed by atoms with Crippen molar-refractivity contribution in [3.8, 4) is 0 Å². The Hall–Kier alpha value is -1.69. The van der Waals surface area contributed by atoms with Gasteiger partial charge < -0.3 is 10.3 Å². The van der Waals surface area contributed by atoms with Crippen LogP contribution in [0, 0.1) is 0 Å². The highest BCUT2D eigenvalue weighted by molar-refractivity contribution is 5.75. The molecular formula is C16H20F3N3. The zero-order valence-electron chi connectivity index (χ0n) is 12.7. The predicted octanol–water partition coefficient (Wildman–Crippen LogP) is 3.32. The van der Waals surface area contributed by atoms with E-state index in [0.29, 0.717) is 12.1 Å². The van der Waals surface area contributed by atoms with Gasteiger partial charge in [-0.25, -0.2) is 5.43 Å². The van der Waals surface area contributed by atoms with Gasteiger partial charge in [0.2, 0.25) is 0 Å². The van der Waals surface area contributed by atoms with Crippen molar-refractivity contribution in [3.63, 3.8) is 0 Å². The van der Waals surface area contributed by atoms with Crippen molar-refractivity contribution < 1.29 is 13.2 Å². The van der Waals surface area contributed by atoms with E-state index in [4.69, 9.17) is 0 Å². The average Bonchev–Trinajstić information content (AvgIpc) is 2.98. The number of rotatable bonds is 2. The Morgan fingerprint density at radius 1 is 1.23 bits per heavy atom. The van der Waals surface area contributed by atoms with Crippen LogP contribution < -0.4 is 15.8 Å². The molecule has 0 spiro atoms. The number of nitrogens with zero attached hydrogens (tertiary/aromatic N) is 1. The number of hydrogen-bond donors (Lipinski definition) is 2. The Bertz CT molecular complexity index is 605. The van der Waals surface area contributed by atoms with Crippen molar-refractivity contribution in [3.05, 3.63) is 35.0 Å². The number of benzene rings is 1. The number of hydrogen-bond acceptors (Lipinski definition) is 3. The minimum Gasteiger partial charge on any atom is -0.369 e. The molecule has 2 aliphatic rings. The van der Waals surface area contributed by atoms with Gasteiger partial charge in [-0.2, -0.15) is 13.2 Å². The Morgan fingerprint density at radius 2 is 2.00 bits per heavy atom. The number of alkyl halides is 3. The van der Waals surface area contributed by atoms with Gasteiger partial charge in [-0.3, -0.25) is 0 Å². The molecule has 2 aliphatic heterocycles. The lowest BCUT2D eigenvalue weighted by Gasteiger charge is -2.35. The summed E-state index contributed by atoms with van der Waals surface area (Å²) in [5.41, 5.74) is 7.74. The van der Waals surface area contributed by atoms with E-state index >= 15 is 0 Å². The van der Waals surface area contributed by atoms with Gasteiger partial charge in [0.15, 0.2) is 0 Å². The molecule has 0 bridgehead atoms. The number of hydrazine groups is 1. The SMILES string of the molecule is CC(C)N1CCCc2cc(C3=CNNC3)c(C(F)(F)F)cc21. The lowest BCUT2D eigenvalue weighted by atomic mass is 9.91. The summed E-state index contributed by atoms with van der Waals surface area (Å²) in [5, 5.41) is 0. The highest BCUT2D eigenvalue weighted by Gasteiger charge is 2.36. The average molecular weight is 311 g/mol. The second-order valence-electron chi connectivity index (χ2n) is 6.08. The normalized spacial score (nSPS) is 18.3. The second kappa shape index (κ2) is 5.50. The minimum atomic E-state index is -4.35. The molecule has 0 saturated heterocycles. The minimum absolute atomic E-state index is 0.194. The molecule has 3 rings (SSSR count). The van der Waals surface area contributed by atoms with Crippen LogP contribution in [0.1, 0.15) is 37.0 Å². The molecule has 1 aromatic carbocycles. The lowest BCUT2D eigenvalue weighted by Crippen LogP contribution is -2.35. The Morgan fingerprint density at radius 3 is 2.59 bits per heavy atom. The van der Waals surface area contributed by atoms with Gasteiger partial charge in [0.05, 0.1) is 5.56 Å². The van der Waals surface area contributed by atoms with Gasteiger partial charge in [-0.1, -0.05) is 0 Å². The molecule has 1 aromatic rings. The monoisotopic (exact) mass is 311 g/mol. The molecule has 0 aromatic heterocycles. The molecule has 22 heavy (non-hydrogen) atoms. The van der Waals surface area contributed by atoms with E-state index in [1.54, 1.807) is 12.3 Å². The van der Waals surface area contributed by atoms with Crippen LogP contribution >= 0.6 is 0 Å². The van der Waals surface area contributed by atoms with Crippen LogP contribution in [0.25, 0.3) is 5.57 Å². The van der Waals surface area contributed by atoms with E-state index in [9.17, 15) is 13.2 Å². The highest BCUT2D eigenvalue weighted by Crippen LogP contribution is 2.41. The van der Waals surface area contributed by atoms with Crippen LogP contribution in [0.2, 0.25) is 0 Å². The van der Waals surface area contributed by atoms with E-state index in [-0.39, 0.29) is 11.6 Å². The Kier molecular flexibility index (Phi) is 3.80. The largest absolute Gasteiger partial charge is 0.417 e. The van der Waals surface area contributed by atoms with Gasteiger partial charge in [0.25, 0.3) is 0 Å². The first kappa shape index (κ1) is 15.2. The van der Waals surface area contributed by atoms with E-state index in [2.05, 4.69) is 15.8 Å². The van der Waals surface area contributed by atoms with E-state index in [1.165, 1.54) is 6.07 Å². The summed E-state index contributed by atoms with van der Waals surface area (Å²) in [7, 11) is 0. The first-order chi connectivity index (χ1) is 10.4. The van der Waals surface area contributed by atoms with Crippen LogP contribution in [0.15, 0.2) is 18.3 Å². The fraction of sp³-hybridized carbons (Fsp3) is 0.500. The third-order valence-electron chi connectivity index (χ3n) is 4.28. The maximum Gasteiger partial charge on any atom is 0.417 e. The summed E-state index contributed by atoms with van der Waals surface area (Å²) >= 11 is 0. The summed E-state index contributed by atoms with van der Waals surface area (Å²) < 4.78 is 40.5. The first-order valence-corrected chi connectivity index (χ1v) is 7.56. The number of aryl methyl sites for hydroxylation is 1. The molecule has 2 N–H and O–H groups in total. The van der Waals surface area contributed by atoms with Crippen molar-refractivity contribution in [1.29, 1.82) is 0 Å². The third kappa shape index (κ3) is 2.67. The Balaban J connectivity index is 2.16. The van der Waals surface area contributed by atoms with E-state index < -0.39 is 11.7 Å².